The summed E-state index contributed by atoms with van der Waals surface area (Å²) in [6, 6.07) is 13.3. The molecule has 0 aliphatic carbocycles. The van der Waals surface area contributed by atoms with E-state index in [1.807, 2.05) is 0 Å². The molecule has 0 aliphatic rings. The lowest BCUT2D eigenvalue weighted by molar-refractivity contribution is -0.118. The summed E-state index contributed by atoms with van der Waals surface area (Å²) in [5.74, 6) is -0.275. The van der Waals surface area contributed by atoms with Gasteiger partial charge in [0.25, 0.3) is 5.91 Å². The molecule has 2 aromatic carbocycles. The van der Waals surface area contributed by atoms with Crippen LogP contribution in [0.4, 0.5) is 16.2 Å². The second-order valence-corrected chi connectivity index (χ2v) is 7.71. The highest BCUT2D eigenvalue weighted by Gasteiger charge is 2.16. The Balaban J connectivity index is 1.80. The van der Waals surface area contributed by atoms with E-state index in [-0.39, 0.29) is 19.1 Å². The largest absolute Gasteiger partial charge is 0.484 e. The minimum atomic E-state index is -0.681. The lowest BCUT2D eigenvalue weighted by Crippen LogP contribution is -2.37. The molecule has 0 unspecified atom stereocenters. The predicted molar refractivity (Wildman–Crippen MR) is 115 cm³/mol. The van der Waals surface area contributed by atoms with Gasteiger partial charge in [-0.1, -0.05) is 17.7 Å². The maximum Gasteiger partial charge on any atom is 0.408 e. The van der Waals surface area contributed by atoms with E-state index in [0.29, 0.717) is 22.1 Å². The van der Waals surface area contributed by atoms with Crippen LogP contribution >= 0.6 is 11.6 Å². The molecule has 0 saturated heterocycles. The Hall–Kier alpha value is -3.26. The summed E-state index contributed by atoms with van der Waals surface area (Å²) in [5, 5.41) is 8.26. The molecule has 30 heavy (non-hydrogen) atoms. The van der Waals surface area contributed by atoms with Crippen molar-refractivity contribution in [3.8, 4) is 5.75 Å². The average Bonchev–Trinajstić information content (AvgIpc) is 2.65. The molecule has 0 aliphatic heterocycles. The second-order valence-electron chi connectivity index (χ2n) is 7.28. The molecule has 0 heterocycles. The van der Waals surface area contributed by atoms with E-state index in [2.05, 4.69) is 16.0 Å². The predicted octanol–water partition coefficient (Wildman–Crippen LogP) is 3.82. The first kappa shape index (κ1) is 23.0. The van der Waals surface area contributed by atoms with E-state index in [9.17, 15) is 14.4 Å². The zero-order chi connectivity index (χ0) is 22.1. The van der Waals surface area contributed by atoms with Crippen molar-refractivity contribution in [2.24, 2.45) is 0 Å². The highest BCUT2D eigenvalue weighted by atomic mass is 35.5. The number of anilines is 2. The molecular formula is C21H24ClN3O5. The van der Waals surface area contributed by atoms with Gasteiger partial charge >= 0.3 is 6.09 Å². The highest BCUT2D eigenvalue weighted by Crippen LogP contribution is 2.17. The number of ether oxygens (including phenoxy) is 2. The smallest absolute Gasteiger partial charge is 0.408 e. The van der Waals surface area contributed by atoms with E-state index >= 15 is 0 Å². The quantitative estimate of drug-likeness (QED) is 0.615. The SMILES string of the molecule is CC(C)(C)OC(=O)NCC(=O)Nc1cccc(NC(=O)COc2ccc(Cl)cc2)c1. The molecule has 0 saturated carbocycles. The summed E-state index contributed by atoms with van der Waals surface area (Å²) < 4.78 is 10.5. The van der Waals surface area contributed by atoms with Crippen LogP contribution in [0.1, 0.15) is 20.8 Å². The van der Waals surface area contributed by atoms with Crippen molar-refractivity contribution < 1.29 is 23.9 Å². The van der Waals surface area contributed by atoms with Crippen molar-refractivity contribution in [1.29, 1.82) is 0 Å². The highest BCUT2D eigenvalue weighted by molar-refractivity contribution is 6.30. The van der Waals surface area contributed by atoms with Gasteiger partial charge in [-0.2, -0.15) is 0 Å². The number of hydrogen-bond acceptors (Lipinski definition) is 5. The molecule has 160 valence electrons. The maximum atomic E-state index is 12.1. The zero-order valence-corrected chi connectivity index (χ0v) is 17.7. The minimum absolute atomic E-state index is 0.183. The topological polar surface area (TPSA) is 106 Å². The summed E-state index contributed by atoms with van der Waals surface area (Å²) in [4.78, 5) is 35.7. The van der Waals surface area contributed by atoms with Crippen molar-refractivity contribution in [3.63, 3.8) is 0 Å². The van der Waals surface area contributed by atoms with E-state index in [4.69, 9.17) is 21.1 Å². The van der Waals surface area contributed by atoms with Gasteiger partial charge in [-0.3, -0.25) is 9.59 Å². The number of amides is 3. The van der Waals surface area contributed by atoms with Crippen molar-refractivity contribution >= 4 is 40.9 Å². The van der Waals surface area contributed by atoms with Crippen molar-refractivity contribution in [1.82, 2.24) is 5.32 Å². The fourth-order valence-corrected chi connectivity index (χ4v) is 2.35. The molecule has 0 fully saturated rings. The van der Waals surface area contributed by atoms with Gasteiger partial charge < -0.3 is 25.4 Å². The lowest BCUT2D eigenvalue weighted by Gasteiger charge is -2.19. The third-order valence-electron chi connectivity index (χ3n) is 3.41. The van der Waals surface area contributed by atoms with Gasteiger partial charge in [-0.05, 0) is 63.2 Å². The van der Waals surface area contributed by atoms with Gasteiger partial charge in [0.05, 0.1) is 0 Å². The summed E-state index contributed by atoms with van der Waals surface area (Å²) >= 11 is 5.80. The number of alkyl carbamates (subject to hydrolysis) is 1. The van der Waals surface area contributed by atoms with Gasteiger partial charge in [-0.15, -0.1) is 0 Å². The van der Waals surface area contributed by atoms with Crippen LogP contribution in [-0.2, 0) is 14.3 Å². The minimum Gasteiger partial charge on any atom is -0.484 e. The molecule has 2 rings (SSSR count). The molecule has 8 nitrogen and oxygen atoms in total. The maximum absolute atomic E-state index is 12.1. The van der Waals surface area contributed by atoms with Crippen LogP contribution in [0.5, 0.6) is 5.75 Å². The summed E-state index contributed by atoms with van der Waals surface area (Å²) in [5.41, 5.74) is 0.296. The second kappa shape index (κ2) is 10.5. The molecule has 0 bridgehead atoms. The van der Waals surface area contributed by atoms with Crippen LogP contribution in [0.15, 0.2) is 48.5 Å². The molecule has 0 aromatic heterocycles. The van der Waals surface area contributed by atoms with E-state index < -0.39 is 17.6 Å². The molecule has 9 heteroatoms. The fraction of sp³-hybridized carbons (Fsp3) is 0.286. The van der Waals surface area contributed by atoms with Gasteiger partial charge in [-0.25, -0.2) is 4.79 Å². The summed E-state index contributed by atoms with van der Waals surface area (Å²) in [6.07, 6.45) is -0.681. The van der Waals surface area contributed by atoms with Gasteiger partial charge in [0.2, 0.25) is 5.91 Å². The third kappa shape index (κ3) is 8.83. The molecule has 3 N–H and O–H groups in total. The Labute approximate surface area is 179 Å². The van der Waals surface area contributed by atoms with Crippen LogP contribution in [0.2, 0.25) is 5.02 Å². The van der Waals surface area contributed by atoms with E-state index in [0.717, 1.165) is 0 Å². The van der Waals surface area contributed by atoms with Crippen molar-refractivity contribution in [2.45, 2.75) is 26.4 Å². The molecule has 0 spiro atoms. The number of benzene rings is 2. The van der Waals surface area contributed by atoms with Gasteiger partial charge in [0, 0.05) is 16.4 Å². The summed E-state index contributed by atoms with van der Waals surface area (Å²) in [7, 11) is 0. The van der Waals surface area contributed by atoms with Crippen LogP contribution in [0, 0.1) is 0 Å². The van der Waals surface area contributed by atoms with Crippen LogP contribution in [0.3, 0.4) is 0 Å². The standard InChI is InChI=1S/C21H24ClN3O5/c1-21(2,3)30-20(28)23-12-18(26)24-15-5-4-6-16(11-15)25-19(27)13-29-17-9-7-14(22)8-10-17/h4-11H,12-13H2,1-3H3,(H,23,28)(H,24,26)(H,25,27). The Morgan fingerprint density at radius 2 is 1.53 bits per heavy atom. The Morgan fingerprint density at radius 1 is 0.933 bits per heavy atom. The molecule has 0 radical (unpaired) electrons. The summed E-state index contributed by atoms with van der Waals surface area (Å²) in [6.45, 7) is 4.76. The van der Waals surface area contributed by atoms with Crippen LogP contribution in [0.25, 0.3) is 0 Å². The number of nitrogens with one attached hydrogen (secondary N) is 3. The Kier molecular flexibility index (Phi) is 8.06. The number of hydrogen-bond donors (Lipinski definition) is 3. The van der Waals surface area contributed by atoms with Crippen LogP contribution < -0.4 is 20.7 Å². The third-order valence-corrected chi connectivity index (χ3v) is 3.66. The normalized spacial score (nSPS) is 10.7. The lowest BCUT2D eigenvalue weighted by atomic mass is 10.2. The average molecular weight is 434 g/mol. The van der Waals surface area contributed by atoms with Crippen molar-refractivity contribution in [3.05, 3.63) is 53.6 Å². The molecular weight excluding hydrogens is 410 g/mol. The monoisotopic (exact) mass is 433 g/mol. The van der Waals surface area contributed by atoms with Crippen molar-refractivity contribution in [2.75, 3.05) is 23.8 Å². The number of carbonyl (C=O) groups is 3. The fourth-order valence-electron chi connectivity index (χ4n) is 2.22. The number of halogens is 1. The van der Waals surface area contributed by atoms with Gasteiger partial charge in [0.1, 0.15) is 17.9 Å². The van der Waals surface area contributed by atoms with Gasteiger partial charge in [0.15, 0.2) is 6.61 Å². The number of carbonyl (C=O) groups excluding carboxylic acids is 3. The van der Waals surface area contributed by atoms with E-state index in [1.54, 1.807) is 69.3 Å². The Bertz CT molecular complexity index is 894. The zero-order valence-electron chi connectivity index (χ0n) is 17.0. The number of rotatable bonds is 7. The first-order valence-electron chi connectivity index (χ1n) is 9.16. The Morgan fingerprint density at radius 3 is 2.13 bits per heavy atom. The van der Waals surface area contributed by atoms with E-state index in [1.165, 1.54) is 0 Å². The molecule has 3 amide bonds. The van der Waals surface area contributed by atoms with Crippen LogP contribution in [-0.4, -0.2) is 36.7 Å². The molecule has 2 aromatic rings. The molecule has 0 atom stereocenters. The first-order valence-corrected chi connectivity index (χ1v) is 9.53. The first-order chi connectivity index (χ1) is 14.1.